The van der Waals surface area contributed by atoms with Gasteiger partial charge in [0.15, 0.2) is 10.7 Å². The number of hydrogen-bond donors (Lipinski definition) is 1. The zero-order valence-electron chi connectivity index (χ0n) is 12.4. The number of allylic oxidation sites excluding steroid dienone is 1. The maximum Gasteiger partial charge on any atom is 0.485 e. The zero-order chi connectivity index (χ0) is 16.1. The average Bonchev–Trinajstić information content (AvgIpc) is 2.52. The Hall–Kier alpha value is -2.88. The molecule has 2 rings (SSSR count). The Labute approximate surface area is 128 Å². The van der Waals surface area contributed by atoms with E-state index in [4.69, 9.17) is 10.2 Å². The van der Waals surface area contributed by atoms with E-state index >= 15 is 0 Å². The molecule has 1 heterocycles. The summed E-state index contributed by atoms with van der Waals surface area (Å²) in [7, 11) is 1.42. The van der Waals surface area contributed by atoms with E-state index in [0.717, 1.165) is 11.1 Å². The van der Waals surface area contributed by atoms with Crippen LogP contribution in [-0.2, 0) is 22.6 Å². The fourth-order valence-electron chi connectivity index (χ4n) is 2.44. The van der Waals surface area contributed by atoms with Gasteiger partial charge in [0.1, 0.15) is 7.11 Å². The molecule has 1 N–H and O–H groups in total. The smallest absolute Gasteiger partial charge is 0.485 e. The quantitative estimate of drug-likeness (QED) is 0.305. The third kappa shape index (κ3) is 3.06. The van der Waals surface area contributed by atoms with Gasteiger partial charge < -0.3 is 14.8 Å². The molecule has 0 aliphatic carbocycles. The SMILES string of the molecule is CO/N=C/C1Cc2ccccc2CN1C(=O)/C([N+]#N)=C(/C)O. The number of fused-ring (bicyclic) bond motifs is 1. The van der Waals surface area contributed by atoms with Crippen LogP contribution in [-0.4, -0.2) is 35.3 Å². The van der Waals surface area contributed by atoms with Crippen LogP contribution in [0.3, 0.4) is 0 Å². The minimum absolute atomic E-state index is 0.335. The van der Waals surface area contributed by atoms with Gasteiger partial charge >= 0.3 is 11.6 Å². The Bertz CT molecular complexity index is 672. The fraction of sp³-hybridized carbons (Fsp3) is 0.333. The van der Waals surface area contributed by atoms with Crippen molar-refractivity contribution in [3.05, 3.63) is 51.8 Å². The molecule has 7 heteroatoms. The van der Waals surface area contributed by atoms with Crippen molar-refractivity contribution in [2.45, 2.75) is 25.9 Å². The second-order valence-electron chi connectivity index (χ2n) is 4.94. The second-order valence-corrected chi connectivity index (χ2v) is 4.94. The fourth-order valence-corrected chi connectivity index (χ4v) is 2.44. The molecule has 0 aromatic heterocycles. The molecule has 7 nitrogen and oxygen atoms in total. The van der Waals surface area contributed by atoms with Gasteiger partial charge in [-0.1, -0.05) is 29.4 Å². The summed E-state index contributed by atoms with van der Waals surface area (Å²) in [5.74, 6) is -0.904. The number of aliphatic hydroxyl groups excluding tert-OH is 1. The van der Waals surface area contributed by atoms with Crippen molar-refractivity contribution >= 4 is 12.1 Å². The van der Waals surface area contributed by atoms with Gasteiger partial charge in [0.25, 0.3) is 0 Å². The number of rotatable bonds is 3. The van der Waals surface area contributed by atoms with Gasteiger partial charge in [-0.15, -0.1) is 0 Å². The lowest BCUT2D eigenvalue weighted by Crippen LogP contribution is -2.45. The molecule has 1 atom stereocenters. The monoisotopic (exact) mass is 301 g/mol. The highest BCUT2D eigenvalue weighted by Crippen LogP contribution is 2.24. The first-order valence-electron chi connectivity index (χ1n) is 6.77. The van der Waals surface area contributed by atoms with E-state index in [-0.39, 0.29) is 17.5 Å². The molecule has 0 saturated heterocycles. The van der Waals surface area contributed by atoms with E-state index in [0.29, 0.717) is 13.0 Å². The molecule has 0 fully saturated rings. The molecule has 0 radical (unpaired) electrons. The lowest BCUT2D eigenvalue weighted by molar-refractivity contribution is -0.129. The van der Waals surface area contributed by atoms with Crippen molar-refractivity contribution in [2.24, 2.45) is 5.16 Å². The van der Waals surface area contributed by atoms with Crippen molar-refractivity contribution in [3.63, 3.8) is 0 Å². The molecule has 114 valence electrons. The van der Waals surface area contributed by atoms with Gasteiger partial charge in [-0.2, -0.15) is 0 Å². The molecule has 1 unspecified atom stereocenters. The number of aliphatic hydroxyl groups is 1. The van der Waals surface area contributed by atoms with E-state index in [9.17, 15) is 9.90 Å². The normalized spacial score (nSPS) is 18.4. The van der Waals surface area contributed by atoms with Crippen molar-refractivity contribution in [1.29, 1.82) is 5.39 Å². The number of oxime groups is 1. The number of carbonyl (C=O) groups is 1. The van der Waals surface area contributed by atoms with Gasteiger partial charge in [0, 0.05) is 13.5 Å². The van der Waals surface area contributed by atoms with Crippen LogP contribution in [0, 0.1) is 5.39 Å². The van der Waals surface area contributed by atoms with Gasteiger partial charge in [0.2, 0.25) is 5.39 Å². The summed E-state index contributed by atoms with van der Waals surface area (Å²) in [5.41, 5.74) is 1.74. The predicted octanol–water partition coefficient (Wildman–Crippen LogP) is 2.21. The van der Waals surface area contributed by atoms with Crippen LogP contribution in [0.25, 0.3) is 4.98 Å². The van der Waals surface area contributed by atoms with Crippen LogP contribution < -0.4 is 0 Å². The summed E-state index contributed by atoms with van der Waals surface area (Å²) in [4.78, 5) is 21.6. The molecule has 22 heavy (non-hydrogen) atoms. The van der Waals surface area contributed by atoms with Crippen molar-refractivity contribution < 1.29 is 14.7 Å². The van der Waals surface area contributed by atoms with Crippen molar-refractivity contribution in [1.82, 2.24) is 4.90 Å². The highest BCUT2D eigenvalue weighted by atomic mass is 16.6. The van der Waals surface area contributed by atoms with Crippen LogP contribution in [0.15, 0.2) is 40.9 Å². The topological polar surface area (TPSA) is 90.3 Å². The molecular weight excluding hydrogens is 284 g/mol. The number of nitrogens with zero attached hydrogens (tertiary/aromatic N) is 4. The maximum atomic E-state index is 12.5. The minimum Gasteiger partial charge on any atom is -0.505 e. The molecule has 0 saturated carbocycles. The summed E-state index contributed by atoms with van der Waals surface area (Å²) in [6.45, 7) is 1.63. The Kier molecular flexibility index (Phi) is 4.73. The second kappa shape index (κ2) is 6.72. The van der Waals surface area contributed by atoms with Crippen LogP contribution in [0.4, 0.5) is 0 Å². The van der Waals surface area contributed by atoms with E-state index in [2.05, 4.69) is 10.1 Å². The number of hydrogen-bond acceptors (Lipinski definition) is 5. The van der Waals surface area contributed by atoms with Gasteiger partial charge in [-0.05, 0) is 17.5 Å². The van der Waals surface area contributed by atoms with Crippen molar-refractivity contribution in [2.75, 3.05) is 7.11 Å². The first-order chi connectivity index (χ1) is 10.6. The summed E-state index contributed by atoms with van der Waals surface area (Å²) < 4.78 is 0. The largest absolute Gasteiger partial charge is 0.505 e. The molecule has 0 bridgehead atoms. The lowest BCUT2D eigenvalue weighted by Gasteiger charge is -2.33. The van der Waals surface area contributed by atoms with E-state index in [1.165, 1.54) is 25.1 Å². The number of carbonyl (C=O) groups excluding carboxylic acids is 1. The predicted molar refractivity (Wildman–Crippen MR) is 80.4 cm³/mol. The standard InChI is InChI=1S/C15H16N4O3/c1-10(20)14(18-16)15(21)19-9-12-6-4-3-5-11(12)7-13(19)8-17-22-2/h3-6,8,13H,7,9H2,1-2H3/p+1/b17-8+. The summed E-state index contributed by atoms with van der Waals surface area (Å²) in [6.07, 6.45) is 2.09. The molecular formula is C15H17N4O3+. The van der Waals surface area contributed by atoms with E-state index in [1.807, 2.05) is 24.3 Å². The molecule has 1 aliphatic heterocycles. The Morgan fingerprint density at radius 3 is 2.77 bits per heavy atom. The summed E-state index contributed by atoms with van der Waals surface area (Å²) >= 11 is 0. The summed E-state index contributed by atoms with van der Waals surface area (Å²) in [6, 6.07) is 7.42. The molecule has 1 aliphatic rings. The third-order valence-electron chi connectivity index (χ3n) is 3.53. The van der Waals surface area contributed by atoms with Crippen LogP contribution in [0.2, 0.25) is 0 Å². The molecule has 0 spiro atoms. The molecule has 1 aromatic carbocycles. The number of diazo groups is 1. The average molecular weight is 301 g/mol. The van der Waals surface area contributed by atoms with Crippen molar-refractivity contribution in [3.8, 4) is 0 Å². The Balaban J connectivity index is 2.39. The van der Waals surface area contributed by atoms with Gasteiger partial charge in [-0.3, -0.25) is 4.79 Å². The molecule has 1 amide bonds. The van der Waals surface area contributed by atoms with Crippen LogP contribution in [0.5, 0.6) is 0 Å². The minimum atomic E-state index is -0.565. The van der Waals surface area contributed by atoms with E-state index in [1.54, 1.807) is 0 Å². The maximum absolute atomic E-state index is 12.5. The lowest BCUT2D eigenvalue weighted by atomic mass is 9.94. The number of benzene rings is 1. The Morgan fingerprint density at radius 2 is 2.18 bits per heavy atom. The zero-order valence-corrected chi connectivity index (χ0v) is 12.4. The first kappa shape index (κ1) is 15.5. The number of amides is 1. The summed E-state index contributed by atoms with van der Waals surface area (Å²) in [5, 5.41) is 22.2. The van der Waals surface area contributed by atoms with E-state index < -0.39 is 5.91 Å². The molecule has 1 aromatic rings. The van der Waals surface area contributed by atoms with Crippen LogP contribution in [0.1, 0.15) is 18.1 Å². The Morgan fingerprint density at radius 1 is 1.50 bits per heavy atom. The highest BCUT2D eigenvalue weighted by Gasteiger charge is 2.38. The highest BCUT2D eigenvalue weighted by molar-refractivity contribution is 5.97. The third-order valence-corrected chi connectivity index (χ3v) is 3.53. The first-order valence-corrected chi connectivity index (χ1v) is 6.77. The van der Waals surface area contributed by atoms with Crippen LogP contribution >= 0.6 is 0 Å². The van der Waals surface area contributed by atoms with Gasteiger partial charge in [-0.25, -0.2) is 0 Å². The van der Waals surface area contributed by atoms with Gasteiger partial charge in [0.05, 0.1) is 12.3 Å².